The first kappa shape index (κ1) is 13.3. The molecule has 0 saturated carbocycles. The number of nitrogens with one attached hydrogen (secondary N) is 1. The number of pyridine rings is 1. The van der Waals surface area contributed by atoms with Crippen LogP contribution in [-0.2, 0) is 6.54 Å². The van der Waals surface area contributed by atoms with Crippen LogP contribution < -0.4 is 5.32 Å². The van der Waals surface area contributed by atoms with E-state index in [1.807, 2.05) is 0 Å². The van der Waals surface area contributed by atoms with Crippen LogP contribution in [0.2, 0.25) is 5.02 Å². The molecule has 1 aromatic carbocycles. The molecule has 0 atom stereocenters. The Kier molecular flexibility index (Phi) is 3.97. The number of hydrogen-bond acceptors (Lipinski definition) is 3. The van der Waals surface area contributed by atoms with Gasteiger partial charge >= 0.3 is 5.97 Å². The second kappa shape index (κ2) is 5.67. The SMILES string of the molecule is O=C(O)c1cnccc1NCc1ccc(F)c(Cl)c1. The summed E-state index contributed by atoms with van der Waals surface area (Å²) in [6, 6.07) is 5.90. The van der Waals surface area contributed by atoms with E-state index in [4.69, 9.17) is 16.7 Å². The first-order chi connectivity index (χ1) is 9.08. The molecule has 0 spiro atoms. The molecule has 19 heavy (non-hydrogen) atoms. The third-order valence-corrected chi connectivity index (χ3v) is 2.81. The molecule has 0 bridgehead atoms. The van der Waals surface area contributed by atoms with Crippen LogP contribution in [0.25, 0.3) is 0 Å². The molecule has 0 aliphatic carbocycles. The molecule has 0 fully saturated rings. The predicted molar refractivity (Wildman–Crippen MR) is 69.9 cm³/mol. The quantitative estimate of drug-likeness (QED) is 0.903. The summed E-state index contributed by atoms with van der Waals surface area (Å²) in [7, 11) is 0. The molecule has 2 aromatic rings. The van der Waals surface area contributed by atoms with Crippen molar-refractivity contribution in [1.82, 2.24) is 4.98 Å². The third kappa shape index (κ3) is 3.20. The van der Waals surface area contributed by atoms with Crippen molar-refractivity contribution in [3.8, 4) is 0 Å². The van der Waals surface area contributed by atoms with E-state index in [9.17, 15) is 9.18 Å². The highest BCUT2D eigenvalue weighted by Crippen LogP contribution is 2.18. The van der Waals surface area contributed by atoms with Crippen LogP contribution >= 0.6 is 11.6 Å². The van der Waals surface area contributed by atoms with Crippen LogP contribution in [0.5, 0.6) is 0 Å². The number of hydrogen-bond donors (Lipinski definition) is 2. The zero-order valence-corrected chi connectivity index (χ0v) is 10.5. The number of rotatable bonds is 4. The summed E-state index contributed by atoms with van der Waals surface area (Å²) < 4.78 is 13.0. The van der Waals surface area contributed by atoms with Gasteiger partial charge in [-0.25, -0.2) is 9.18 Å². The fraction of sp³-hybridized carbons (Fsp3) is 0.0769. The fourth-order valence-electron chi connectivity index (χ4n) is 1.57. The molecule has 0 unspecified atom stereocenters. The van der Waals surface area contributed by atoms with Gasteiger partial charge in [0.15, 0.2) is 0 Å². The maximum absolute atomic E-state index is 13.0. The Labute approximate surface area is 113 Å². The van der Waals surface area contributed by atoms with Gasteiger partial charge in [-0.2, -0.15) is 0 Å². The van der Waals surface area contributed by atoms with Gasteiger partial charge in [-0.1, -0.05) is 17.7 Å². The summed E-state index contributed by atoms with van der Waals surface area (Å²) in [6.45, 7) is 0.338. The average Bonchev–Trinajstić information content (AvgIpc) is 2.40. The highest BCUT2D eigenvalue weighted by atomic mass is 35.5. The van der Waals surface area contributed by atoms with Crippen LogP contribution in [0, 0.1) is 5.82 Å². The Morgan fingerprint density at radius 2 is 2.21 bits per heavy atom. The van der Waals surface area contributed by atoms with E-state index in [0.717, 1.165) is 5.56 Å². The average molecular weight is 281 g/mol. The molecule has 2 rings (SSSR count). The highest BCUT2D eigenvalue weighted by Gasteiger charge is 2.09. The normalized spacial score (nSPS) is 10.2. The third-order valence-electron chi connectivity index (χ3n) is 2.52. The number of halogens is 2. The molecule has 0 radical (unpaired) electrons. The minimum atomic E-state index is -1.06. The van der Waals surface area contributed by atoms with Crippen LogP contribution in [0.1, 0.15) is 15.9 Å². The lowest BCUT2D eigenvalue weighted by molar-refractivity contribution is 0.0697. The molecule has 0 amide bonds. The number of aromatic carboxylic acids is 1. The molecule has 1 heterocycles. The van der Waals surface area contributed by atoms with E-state index in [1.54, 1.807) is 12.1 Å². The number of nitrogens with zero attached hydrogens (tertiary/aromatic N) is 1. The summed E-state index contributed by atoms with van der Waals surface area (Å²) in [5.74, 6) is -1.55. The summed E-state index contributed by atoms with van der Waals surface area (Å²) in [5, 5.41) is 12.0. The Balaban J connectivity index is 2.14. The summed E-state index contributed by atoms with van der Waals surface area (Å²) in [5.41, 5.74) is 1.28. The second-order valence-electron chi connectivity index (χ2n) is 3.83. The summed E-state index contributed by atoms with van der Waals surface area (Å²) in [4.78, 5) is 14.7. The molecule has 98 valence electrons. The fourth-order valence-corrected chi connectivity index (χ4v) is 1.77. The molecule has 2 N–H and O–H groups in total. The number of carboxylic acids is 1. The monoisotopic (exact) mass is 280 g/mol. The highest BCUT2D eigenvalue weighted by molar-refractivity contribution is 6.30. The number of benzene rings is 1. The van der Waals surface area contributed by atoms with Gasteiger partial charge in [0, 0.05) is 18.9 Å². The number of aromatic nitrogens is 1. The Morgan fingerprint density at radius 1 is 1.42 bits per heavy atom. The van der Waals surface area contributed by atoms with Crippen molar-refractivity contribution >= 4 is 23.3 Å². The van der Waals surface area contributed by atoms with Crippen LogP contribution in [0.3, 0.4) is 0 Å². The van der Waals surface area contributed by atoms with Crippen molar-refractivity contribution in [1.29, 1.82) is 0 Å². The lowest BCUT2D eigenvalue weighted by Gasteiger charge is -2.09. The van der Waals surface area contributed by atoms with Crippen molar-refractivity contribution in [3.63, 3.8) is 0 Å². The van der Waals surface area contributed by atoms with Crippen molar-refractivity contribution in [2.45, 2.75) is 6.54 Å². The maximum Gasteiger partial charge on any atom is 0.339 e. The van der Waals surface area contributed by atoms with Crippen molar-refractivity contribution in [2.75, 3.05) is 5.32 Å². The standard InChI is InChI=1S/C13H10ClFN2O2/c14-10-5-8(1-2-11(10)15)6-17-12-3-4-16-7-9(12)13(18)19/h1-5,7H,6H2,(H,16,17)(H,18,19). The van der Waals surface area contributed by atoms with Crippen LogP contribution in [0.4, 0.5) is 10.1 Å². The zero-order valence-electron chi connectivity index (χ0n) is 9.73. The maximum atomic E-state index is 13.0. The van der Waals surface area contributed by atoms with E-state index in [1.165, 1.54) is 24.5 Å². The zero-order chi connectivity index (χ0) is 13.8. The van der Waals surface area contributed by atoms with Gasteiger partial charge in [-0.05, 0) is 23.8 Å². The molecule has 1 aromatic heterocycles. The summed E-state index contributed by atoms with van der Waals surface area (Å²) >= 11 is 5.67. The molecule has 0 aliphatic rings. The second-order valence-corrected chi connectivity index (χ2v) is 4.24. The molecular formula is C13H10ClFN2O2. The van der Waals surface area contributed by atoms with Crippen molar-refractivity contribution in [3.05, 3.63) is 58.6 Å². The lowest BCUT2D eigenvalue weighted by atomic mass is 10.2. The Bertz CT molecular complexity index is 619. The van der Waals surface area contributed by atoms with Gasteiger partial charge in [-0.15, -0.1) is 0 Å². The van der Waals surface area contributed by atoms with Gasteiger partial charge < -0.3 is 10.4 Å². The smallest absolute Gasteiger partial charge is 0.339 e. The molecule has 4 nitrogen and oxygen atoms in total. The molecule has 6 heteroatoms. The number of carboxylic acid groups (broad SMARTS) is 1. The summed E-state index contributed by atoms with van der Waals surface area (Å²) in [6.07, 6.45) is 2.76. The first-order valence-corrected chi connectivity index (χ1v) is 5.81. The van der Waals surface area contributed by atoms with E-state index in [0.29, 0.717) is 12.2 Å². The minimum Gasteiger partial charge on any atom is -0.478 e. The van der Waals surface area contributed by atoms with Crippen molar-refractivity contribution in [2.24, 2.45) is 0 Å². The minimum absolute atomic E-state index is 0.0347. The van der Waals surface area contributed by atoms with E-state index < -0.39 is 11.8 Å². The molecular weight excluding hydrogens is 271 g/mol. The Morgan fingerprint density at radius 3 is 2.89 bits per heavy atom. The van der Waals surface area contributed by atoms with Crippen LogP contribution in [-0.4, -0.2) is 16.1 Å². The molecule has 0 aliphatic heterocycles. The first-order valence-electron chi connectivity index (χ1n) is 5.43. The number of anilines is 1. The van der Waals surface area contributed by atoms with E-state index in [2.05, 4.69) is 10.3 Å². The van der Waals surface area contributed by atoms with Gasteiger partial charge in [0.05, 0.1) is 10.7 Å². The van der Waals surface area contributed by atoms with E-state index in [-0.39, 0.29) is 10.6 Å². The Hall–Kier alpha value is -2.14. The van der Waals surface area contributed by atoms with Gasteiger partial charge in [0.2, 0.25) is 0 Å². The predicted octanol–water partition coefficient (Wildman–Crippen LogP) is 3.18. The van der Waals surface area contributed by atoms with Gasteiger partial charge in [0.1, 0.15) is 11.4 Å². The van der Waals surface area contributed by atoms with Crippen LogP contribution in [0.15, 0.2) is 36.7 Å². The number of carbonyl (C=O) groups is 1. The van der Waals surface area contributed by atoms with Gasteiger partial charge in [-0.3, -0.25) is 4.98 Å². The largest absolute Gasteiger partial charge is 0.478 e. The van der Waals surface area contributed by atoms with Gasteiger partial charge in [0.25, 0.3) is 0 Å². The van der Waals surface area contributed by atoms with E-state index >= 15 is 0 Å². The lowest BCUT2D eigenvalue weighted by Crippen LogP contribution is -2.06. The topological polar surface area (TPSA) is 62.2 Å². The van der Waals surface area contributed by atoms with Crippen molar-refractivity contribution < 1.29 is 14.3 Å². The molecule has 0 saturated heterocycles.